The summed E-state index contributed by atoms with van der Waals surface area (Å²) in [6.45, 7) is 0.570. The topological polar surface area (TPSA) is 58.6 Å². The zero-order valence-electron chi connectivity index (χ0n) is 13.0. The molecule has 1 aromatic carbocycles. The average molecular weight is 348 g/mol. The molecule has 5 nitrogen and oxygen atoms in total. The second-order valence-electron chi connectivity index (χ2n) is 5.78. The standard InChI is InChI=1S/C15H22F2N2O3S/c1-12-3-2-10-19(11-12)23(20,21)18-9-8-13-4-6-14(7-5-13)22-15(16)17/h4-7,12,15,18H,2-3,8-11H2,1H3. The van der Waals surface area contributed by atoms with E-state index in [1.807, 2.05) is 6.92 Å². The third-order valence-corrected chi connectivity index (χ3v) is 5.39. The van der Waals surface area contributed by atoms with E-state index in [1.165, 1.54) is 16.4 Å². The molecule has 1 N–H and O–H groups in total. The summed E-state index contributed by atoms with van der Waals surface area (Å²) in [7, 11) is -3.45. The summed E-state index contributed by atoms with van der Waals surface area (Å²) >= 11 is 0. The molecule has 0 spiro atoms. The van der Waals surface area contributed by atoms with Crippen LogP contribution in [0.5, 0.6) is 5.75 Å². The molecule has 1 saturated heterocycles. The molecule has 0 aliphatic carbocycles. The molecule has 1 atom stereocenters. The Hall–Kier alpha value is -1.25. The number of piperidine rings is 1. The summed E-state index contributed by atoms with van der Waals surface area (Å²) < 4.78 is 56.9. The molecule has 1 aliphatic rings. The zero-order valence-corrected chi connectivity index (χ0v) is 13.9. The van der Waals surface area contributed by atoms with Crippen LogP contribution < -0.4 is 9.46 Å². The lowest BCUT2D eigenvalue weighted by molar-refractivity contribution is -0.0498. The van der Waals surface area contributed by atoms with Crippen molar-refractivity contribution in [1.82, 2.24) is 9.03 Å². The molecule has 1 aliphatic heterocycles. The summed E-state index contributed by atoms with van der Waals surface area (Å²) in [6, 6.07) is 6.19. The average Bonchev–Trinajstić information content (AvgIpc) is 2.48. The van der Waals surface area contributed by atoms with Crippen LogP contribution in [0.15, 0.2) is 24.3 Å². The minimum Gasteiger partial charge on any atom is -0.435 e. The second-order valence-corrected chi connectivity index (χ2v) is 7.53. The number of benzene rings is 1. The number of hydrogen-bond acceptors (Lipinski definition) is 3. The van der Waals surface area contributed by atoms with Crippen molar-refractivity contribution in [2.45, 2.75) is 32.8 Å². The minimum absolute atomic E-state index is 0.0895. The van der Waals surface area contributed by atoms with Crippen LogP contribution in [0, 0.1) is 5.92 Å². The van der Waals surface area contributed by atoms with Crippen LogP contribution in [-0.2, 0) is 16.6 Å². The van der Waals surface area contributed by atoms with Crippen molar-refractivity contribution in [3.05, 3.63) is 29.8 Å². The first kappa shape index (κ1) is 18.1. The van der Waals surface area contributed by atoms with Crippen molar-refractivity contribution in [1.29, 1.82) is 0 Å². The summed E-state index contributed by atoms with van der Waals surface area (Å²) in [5.41, 5.74) is 0.848. The van der Waals surface area contributed by atoms with E-state index in [2.05, 4.69) is 9.46 Å². The molecule has 1 fully saturated rings. The van der Waals surface area contributed by atoms with Gasteiger partial charge in [0, 0.05) is 19.6 Å². The van der Waals surface area contributed by atoms with Gasteiger partial charge in [-0.1, -0.05) is 19.1 Å². The van der Waals surface area contributed by atoms with E-state index >= 15 is 0 Å². The van der Waals surface area contributed by atoms with E-state index in [9.17, 15) is 17.2 Å². The highest BCUT2D eigenvalue weighted by Crippen LogP contribution is 2.18. The summed E-state index contributed by atoms with van der Waals surface area (Å²) in [4.78, 5) is 0. The van der Waals surface area contributed by atoms with Gasteiger partial charge in [0.2, 0.25) is 0 Å². The lowest BCUT2D eigenvalue weighted by atomic mass is 10.0. The number of rotatable bonds is 7. The molecule has 0 radical (unpaired) electrons. The highest BCUT2D eigenvalue weighted by Gasteiger charge is 2.26. The van der Waals surface area contributed by atoms with Gasteiger partial charge in [-0.15, -0.1) is 0 Å². The third kappa shape index (κ3) is 5.71. The number of ether oxygens (including phenoxy) is 1. The van der Waals surface area contributed by atoms with Crippen LogP contribution in [0.2, 0.25) is 0 Å². The van der Waals surface area contributed by atoms with Crippen molar-refractivity contribution in [3.8, 4) is 5.75 Å². The monoisotopic (exact) mass is 348 g/mol. The number of hydrogen-bond donors (Lipinski definition) is 1. The summed E-state index contributed by atoms with van der Waals surface area (Å²) in [5.74, 6) is 0.467. The van der Waals surface area contributed by atoms with Gasteiger partial charge in [-0.05, 0) is 42.9 Å². The lowest BCUT2D eigenvalue weighted by Crippen LogP contribution is -2.46. The van der Waals surface area contributed by atoms with Crippen molar-refractivity contribution < 1.29 is 21.9 Å². The molecule has 0 amide bonds. The van der Waals surface area contributed by atoms with Gasteiger partial charge in [0.1, 0.15) is 5.75 Å². The van der Waals surface area contributed by atoms with Crippen LogP contribution in [0.4, 0.5) is 8.78 Å². The minimum atomic E-state index is -3.45. The van der Waals surface area contributed by atoms with Gasteiger partial charge < -0.3 is 4.74 Å². The third-order valence-electron chi connectivity index (χ3n) is 3.81. The van der Waals surface area contributed by atoms with Gasteiger partial charge in [0.05, 0.1) is 0 Å². The van der Waals surface area contributed by atoms with Gasteiger partial charge in [-0.3, -0.25) is 0 Å². The van der Waals surface area contributed by atoms with Crippen LogP contribution in [0.1, 0.15) is 25.3 Å². The first-order valence-electron chi connectivity index (χ1n) is 7.65. The predicted octanol–water partition coefficient (Wildman–Crippen LogP) is 2.40. The fourth-order valence-electron chi connectivity index (χ4n) is 2.62. The lowest BCUT2D eigenvalue weighted by Gasteiger charge is -2.29. The Morgan fingerprint density at radius 3 is 2.65 bits per heavy atom. The van der Waals surface area contributed by atoms with Crippen LogP contribution in [0.3, 0.4) is 0 Å². The maximum atomic E-state index is 12.2. The predicted molar refractivity (Wildman–Crippen MR) is 83.7 cm³/mol. The maximum Gasteiger partial charge on any atom is 0.387 e. The van der Waals surface area contributed by atoms with E-state index in [0.29, 0.717) is 25.4 Å². The molecule has 8 heteroatoms. The first-order valence-corrected chi connectivity index (χ1v) is 9.09. The van der Waals surface area contributed by atoms with E-state index in [-0.39, 0.29) is 12.3 Å². The molecule has 0 aromatic heterocycles. The Bertz CT molecular complexity index is 593. The Kier molecular flexibility index (Phi) is 6.32. The molecule has 1 aromatic rings. The Morgan fingerprint density at radius 1 is 1.35 bits per heavy atom. The van der Waals surface area contributed by atoms with E-state index in [1.54, 1.807) is 12.1 Å². The molecule has 1 unspecified atom stereocenters. The highest BCUT2D eigenvalue weighted by molar-refractivity contribution is 7.87. The molecule has 1 heterocycles. The number of nitrogens with one attached hydrogen (secondary N) is 1. The molecule has 23 heavy (non-hydrogen) atoms. The van der Waals surface area contributed by atoms with Gasteiger partial charge in [0.25, 0.3) is 10.2 Å². The Morgan fingerprint density at radius 2 is 2.04 bits per heavy atom. The van der Waals surface area contributed by atoms with Gasteiger partial charge >= 0.3 is 6.61 Å². The van der Waals surface area contributed by atoms with Crippen molar-refractivity contribution in [2.24, 2.45) is 5.92 Å². The first-order chi connectivity index (χ1) is 10.9. The smallest absolute Gasteiger partial charge is 0.387 e. The largest absolute Gasteiger partial charge is 0.435 e. The quantitative estimate of drug-likeness (QED) is 0.823. The molecule has 0 bridgehead atoms. The van der Waals surface area contributed by atoms with Crippen molar-refractivity contribution >= 4 is 10.2 Å². The van der Waals surface area contributed by atoms with Crippen molar-refractivity contribution in [2.75, 3.05) is 19.6 Å². The number of halogens is 2. The van der Waals surface area contributed by atoms with Gasteiger partial charge in [-0.2, -0.15) is 21.5 Å². The molecular formula is C15H22F2N2O3S. The van der Waals surface area contributed by atoms with E-state index in [4.69, 9.17) is 0 Å². The molecule has 130 valence electrons. The highest BCUT2D eigenvalue weighted by atomic mass is 32.2. The van der Waals surface area contributed by atoms with Crippen molar-refractivity contribution in [3.63, 3.8) is 0 Å². The van der Waals surface area contributed by atoms with E-state index < -0.39 is 16.8 Å². The molecule has 2 rings (SSSR count). The van der Waals surface area contributed by atoms with Gasteiger partial charge in [-0.25, -0.2) is 4.72 Å². The Labute approximate surface area is 135 Å². The normalized spacial score (nSPS) is 19.9. The fraction of sp³-hybridized carbons (Fsp3) is 0.600. The summed E-state index contributed by atoms with van der Waals surface area (Å²) in [6.07, 6.45) is 2.42. The summed E-state index contributed by atoms with van der Waals surface area (Å²) in [5, 5.41) is 0. The SMILES string of the molecule is CC1CCCN(S(=O)(=O)NCCc2ccc(OC(F)F)cc2)C1. The fourth-order valence-corrected chi connectivity index (χ4v) is 3.98. The van der Waals surface area contributed by atoms with Crippen LogP contribution in [-0.4, -0.2) is 39.0 Å². The zero-order chi connectivity index (χ0) is 16.9. The molecular weight excluding hydrogens is 326 g/mol. The maximum absolute atomic E-state index is 12.2. The number of alkyl halides is 2. The second kappa shape index (κ2) is 8.03. The molecule has 0 saturated carbocycles. The van der Waals surface area contributed by atoms with Gasteiger partial charge in [0.15, 0.2) is 0 Å². The Balaban J connectivity index is 1.81. The number of nitrogens with zero attached hydrogens (tertiary/aromatic N) is 1. The van der Waals surface area contributed by atoms with Crippen LogP contribution >= 0.6 is 0 Å². The van der Waals surface area contributed by atoms with Crippen LogP contribution in [0.25, 0.3) is 0 Å². The van der Waals surface area contributed by atoms with E-state index in [0.717, 1.165) is 18.4 Å².